The van der Waals surface area contributed by atoms with Crippen molar-refractivity contribution in [2.75, 3.05) is 6.61 Å². The van der Waals surface area contributed by atoms with Gasteiger partial charge in [0.2, 0.25) is 10.0 Å². The Morgan fingerprint density at radius 1 is 1.26 bits per heavy atom. The number of rotatable bonds is 6. The van der Waals surface area contributed by atoms with E-state index in [-0.39, 0.29) is 10.6 Å². The van der Waals surface area contributed by atoms with Crippen LogP contribution in [0.1, 0.15) is 25.5 Å². The Balaban J connectivity index is 2.33. The molecule has 0 radical (unpaired) electrons. The normalized spacial score (nSPS) is 12.9. The van der Waals surface area contributed by atoms with E-state index >= 15 is 0 Å². The number of ether oxygens (including phenoxy) is 1. The van der Waals surface area contributed by atoms with E-state index in [0.717, 1.165) is 10.0 Å². The predicted molar refractivity (Wildman–Crippen MR) is 95.5 cm³/mol. The summed E-state index contributed by atoms with van der Waals surface area (Å²) in [5.74, 6) is 0.283. The van der Waals surface area contributed by atoms with Crippen LogP contribution in [0.3, 0.4) is 0 Å². The number of hydrogen-bond acceptors (Lipinski definition) is 3. The van der Waals surface area contributed by atoms with Gasteiger partial charge in [0.25, 0.3) is 0 Å². The van der Waals surface area contributed by atoms with Crippen LogP contribution in [0.5, 0.6) is 5.75 Å². The average Bonchev–Trinajstić information content (AvgIpc) is 2.49. The highest BCUT2D eigenvalue weighted by atomic mass is 79.9. The topological polar surface area (TPSA) is 55.4 Å². The van der Waals surface area contributed by atoms with Crippen molar-refractivity contribution < 1.29 is 13.2 Å². The van der Waals surface area contributed by atoms with Gasteiger partial charge in [-0.15, -0.1) is 0 Å². The van der Waals surface area contributed by atoms with Gasteiger partial charge >= 0.3 is 0 Å². The van der Waals surface area contributed by atoms with Crippen LogP contribution in [-0.4, -0.2) is 15.0 Å². The summed E-state index contributed by atoms with van der Waals surface area (Å²) in [5.41, 5.74) is 0.850. The monoisotopic (exact) mass is 417 g/mol. The average molecular weight is 419 g/mol. The van der Waals surface area contributed by atoms with Gasteiger partial charge in [-0.1, -0.05) is 39.7 Å². The highest BCUT2D eigenvalue weighted by Crippen LogP contribution is 2.29. The lowest BCUT2D eigenvalue weighted by Gasteiger charge is -2.17. The van der Waals surface area contributed by atoms with Gasteiger partial charge in [-0.25, -0.2) is 13.1 Å². The molecule has 0 fully saturated rings. The fourth-order valence-electron chi connectivity index (χ4n) is 2.11. The first kappa shape index (κ1) is 18.3. The number of halogens is 2. The van der Waals surface area contributed by atoms with Crippen LogP contribution in [0, 0.1) is 0 Å². The molecule has 0 aromatic heterocycles. The second kappa shape index (κ2) is 7.66. The third kappa shape index (κ3) is 4.70. The molecule has 1 atom stereocenters. The molecule has 0 saturated carbocycles. The lowest BCUT2D eigenvalue weighted by molar-refractivity contribution is 0.331. The second-order valence-electron chi connectivity index (χ2n) is 4.92. The molecule has 2 aromatic rings. The van der Waals surface area contributed by atoms with Crippen LogP contribution in [0.2, 0.25) is 5.02 Å². The van der Waals surface area contributed by atoms with E-state index in [0.29, 0.717) is 11.6 Å². The summed E-state index contributed by atoms with van der Waals surface area (Å²) in [6.07, 6.45) is 0. The quantitative estimate of drug-likeness (QED) is 0.749. The molecule has 0 aliphatic carbocycles. The van der Waals surface area contributed by atoms with Gasteiger partial charge in [-0.05, 0) is 49.7 Å². The molecule has 0 amide bonds. The minimum atomic E-state index is -3.77. The zero-order chi connectivity index (χ0) is 17.0. The minimum Gasteiger partial charge on any atom is -0.492 e. The van der Waals surface area contributed by atoms with E-state index in [1.807, 2.05) is 24.3 Å². The van der Waals surface area contributed by atoms with Crippen molar-refractivity contribution >= 4 is 37.6 Å². The van der Waals surface area contributed by atoms with Gasteiger partial charge in [0, 0.05) is 15.5 Å². The van der Waals surface area contributed by atoms with E-state index < -0.39 is 16.1 Å². The van der Waals surface area contributed by atoms with E-state index in [1.165, 1.54) is 6.07 Å². The van der Waals surface area contributed by atoms with Crippen molar-refractivity contribution in [3.05, 3.63) is 57.5 Å². The Bertz CT molecular complexity index is 796. The van der Waals surface area contributed by atoms with Gasteiger partial charge in [0.15, 0.2) is 0 Å². The summed E-state index contributed by atoms with van der Waals surface area (Å²) in [6, 6.07) is 11.6. The molecular weight excluding hydrogens is 402 g/mol. The molecule has 0 saturated heterocycles. The predicted octanol–water partition coefficient (Wildman–Crippen LogP) is 4.54. The Labute approximate surface area is 150 Å². The Hall–Kier alpha value is -1.08. The van der Waals surface area contributed by atoms with Crippen LogP contribution in [-0.2, 0) is 10.0 Å². The summed E-state index contributed by atoms with van der Waals surface area (Å²) in [7, 11) is -3.77. The van der Waals surface area contributed by atoms with Gasteiger partial charge in [-0.3, -0.25) is 0 Å². The maximum atomic E-state index is 12.7. The van der Waals surface area contributed by atoms with Crippen LogP contribution >= 0.6 is 27.5 Å². The minimum absolute atomic E-state index is 0.0358. The highest BCUT2D eigenvalue weighted by Gasteiger charge is 2.23. The zero-order valence-corrected chi connectivity index (χ0v) is 15.9. The molecule has 0 unspecified atom stereocenters. The SMILES string of the molecule is CCOc1ccc(Cl)cc1S(=O)(=O)N[C@H](C)c1cccc(Br)c1. The Kier molecular flexibility index (Phi) is 6.08. The summed E-state index contributed by atoms with van der Waals surface area (Å²) in [4.78, 5) is 0.0358. The molecule has 2 rings (SSSR count). The van der Waals surface area contributed by atoms with Crippen molar-refractivity contribution in [1.29, 1.82) is 0 Å². The maximum Gasteiger partial charge on any atom is 0.244 e. The molecule has 124 valence electrons. The van der Waals surface area contributed by atoms with Crippen molar-refractivity contribution in [1.82, 2.24) is 4.72 Å². The number of nitrogens with one attached hydrogen (secondary N) is 1. The molecule has 0 bridgehead atoms. The van der Waals surface area contributed by atoms with E-state index in [9.17, 15) is 8.42 Å². The highest BCUT2D eigenvalue weighted by molar-refractivity contribution is 9.10. The zero-order valence-electron chi connectivity index (χ0n) is 12.7. The molecule has 1 N–H and O–H groups in total. The third-order valence-electron chi connectivity index (χ3n) is 3.18. The molecule has 7 heteroatoms. The number of benzene rings is 2. The van der Waals surface area contributed by atoms with Crippen molar-refractivity contribution in [3.63, 3.8) is 0 Å². The third-order valence-corrected chi connectivity index (χ3v) is 5.47. The molecule has 0 spiro atoms. The summed E-state index contributed by atoms with van der Waals surface area (Å²) in [6.45, 7) is 3.94. The number of hydrogen-bond donors (Lipinski definition) is 1. The van der Waals surface area contributed by atoms with Gasteiger partial charge in [0.05, 0.1) is 6.61 Å². The van der Waals surface area contributed by atoms with Crippen LogP contribution in [0.25, 0.3) is 0 Å². The summed E-state index contributed by atoms with van der Waals surface area (Å²) >= 11 is 9.33. The van der Waals surface area contributed by atoms with Crippen LogP contribution < -0.4 is 9.46 Å². The van der Waals surface area contributed by atoms with Crippen LogP contribution in [0.15, 0.2) is 51.8 Å². The fraction of sp³-hybridized carbons (Fsp3) is 0.250. The van der Waals surface area contributed by atoms with E-state index in [2.05, 4.69) is 20.7 Å². The second-order valence-corrected chi connectivity index (χ2v) is 7.96. The molecule has 0 heterocycles. The van der Waals surface area contributed by atoms with Gasteiger partial charge in [-0.2, -0.15) is 0 Å². The lowest BCUT2D eigenvalue weighted by Crippen LogP contribution is -2.27. The fourth-order valence-corrected chi connectivity index (χ4v) is 4.16. The van der Waals surface area contributed by atoms with Crippen molar-refractivity contribution in [3.8, 4) is 5.75 Å². The molecule has 0 aliphatic rings. The molecule has 2 aromatic carbocycles. The summed E-state index contributed by atoms with van der Waals surface area (Å²) < 4.78 is 34.3. The molecule has 0 aliphatic heterocycles. The van der Waals surface area contributed by atoms with Crippen molar-refractivity contribution in [2.24, 2.45) is 0 Å². The van der Waals surface area contributed by atoms with Crippen molar-refractivity contribution in [2.45, 2.75) is 24.8 Å². The Morgan fingerprint density at radius 2 is 2.00 bits per heavy atom. The first-order valence-corrected chi connectivity index (χ1v) is 9.69. The summed E-state index contributed by atoms with van der Waals surface area (Å²) in [5, 5.41) is 0.337. The first-order valence-electron chi connectivity index (χ1n) is 7.03. The maximum absolute atomic E-state index is 12.7. The largest absolute Gasteiger partial charge is 0.492 e. The van der Waals surface area contributed by atoms with Gasteiger partial charge < -0.3 is 4.74 Å². The molecule has 23 heavy (non-hydrogen) atoms. The molecule has 4 nitrogen and oxygen atoms in total. The Morgan fingerprint density at radius 3 is 2.65 bits per heavy atom. The first-order chi connectivity index (χ1) is 10.8. The van der Waals surface area contributed by atoms with E-state index in [1.54, 1.807) is 26.0 Å². The molecular formula is C16H17BrClNO3S. The number of sulfonamides is 1. The van der Waals surface area contributed by atoms with Gasteiger partial charge in [0.1, 0.15) is 10.6 Å². The lowest BCUT2D eigenvalue weighted by atomic mass is 10.1. The van der Waals surface area contributed by atoms with E-state index in [4.69, 9.17) is 16.3 Å². The smallest absolute Gasteiger partial charge is 0.244 e. The standard InChI is InChI=1S/C16H17BrClNO3S/c1-3-22-15-8-7-14(18)10-16(15)23(20,21)19-11(2)12-5-4-6-13(17)9-12/h4-11,19H,3H2,1-2H3/t11-/m1/s1. The van der Waals surface area contributed by atoms with Crippen LogP contribution in [0.4, 0.5) is 0 Å².